The van der Waals surface area contributed by atoms with Crippen molar-refractivity contribution >= 4 is 24.6 Å². The summed E-state index contributed by atoms with van der Waals surface area (Å²) in [7, 11) is 0. The summed E-state index contributed by atoms with van der Waals surface area (Å²) in [5.41, 5.74) is -0.313. The first-order chi connectivity index (χ1) is 7.54. The number of thiol groups is 1. The molecular weight excluding hydrogens is 235 g/mol. The van der Waals surface area contributed by atoms with Crippen molar-refractivity contribution in [2.45, 2.75) is 6.42 Å². The molecule has 4 nitrogen and oxygen atoms in total. The van der Waals surface area contributed by atoms with Crippen molar-refractivity contribution in [3.05, 3.63) is 29.6 Å². The number of hydrogen-bond acceptors (Lipinski definition) is 5. The van der Waals surface area contributed by atoms with Gasteiger partial charge in [-0.1, -0.05) is 0 Å². The summed E-state index contributed by atoms with van der Waals surface area (Å²) in [6, 6.07) is 2.90. The molecule has 16 heavy (non-hydrogen) atoms. The third-order valence-corrected chi connectivity index (χ3v) is 1.93. The molecule has 0 aliphatic rings. The fourth-order valence-corrected chi connectivity index (χ4v) is 1.16. The van der Waals surface area contributed by atoms with Gasteiger partial charge in [-0.2, -0.15) is 12.6 Å². The van der Waals surface area contributed by atoms with Crippen LogP contribution in [0.1, 0.15) is 16.8 Å². The largest absolute Gasteiger partial charge is 0.545 e. The van der Waals surface area contributed by atoms with Crippen LogP contribution in [0.2, 0.25) is 0 Å². The third-order valence-electron chi connectivity index (χ3n) is 1.71. The number of carboxylic acids is 1. The Morgan fingerprint density at radius 3 is 2.62 bits per heavy atom. The van der Waals surface area contributed by atoms with Gasteiger partial charge in [0.05, 0.1) is 12.4 Å². The molecule has 0 bridgehead atoms. The van der Waals surface area contributed by atoms with Crippen LogP contribution in [0.5, 0.6) is 5.75 Å². The lowest BCUT2D eigenvalue weighted by atomic mass is 10.2. The van der Waals surface area contributed by atoms with Gasteiger partial charge in [0, 0.05) is 11.3 Å². The lowest BCUT2D eigenvalue weighted by Crippen LogP contribution is -2.22. The van der Waals surface area contributed by atoms with E-state index >= 15 is 0 Å². The van der Waals surface area contributed by atoms with Gasteiger partial charge in [0.1, 0.15) is 0 Å². The molecule has 0 amide bonds. The first kappa shape index (κ1) is 12.5. The number of hydrogen-bond donors (Lipinski definition) is 1. The SMILES string of the molecule is O=C(CCS)Oc1ccc(C(=O)[O-])cc1F. The van der Waals surface area contributed by atoms with E-state index in [4.69, 9.17) is 0 Å². The van der Waals surface area contributed by atoms with Gasteiger partial charge >= 0.3 is 5.97 Å². The Labute approximate surface area is 96.4 Å². The normalized spacial score (nSPS) is 9.88. The number of esters is 1. The highest BCUT2D eigenvalue weighted by Crippen LogP contribution is 2.18. The molecule has 0 aromatic heterocycles. The Hall–Kier alpha value is -1.56. The molecule has 0 aliphatic heterocycles. The van der Waals surface area contributed by atoms with Gasteiger partial charge < -0.3 is 14.6 Å². The summed E-state index contributed by atoms with van der Waals surface area (Å²) < 4.78 is 17.9. The summed E-state index contributed by atoms with van der Waals surface area (Å²) >= 11 is 3.81. The molecular formula is C10H8FO4S-. The van der Waals surface area contributed by atoms with E-state index < -0.39 is 17.8 Å². The molecule has 0 spiro atoms. The molecule has 0 saturated carbocycles. The molecule has 0 radical (unpaired) electrons. The van der Waals surface area contributed by atoms with E-state index in [1.165, 1.54) is 0 Å². The molecule has 6 heteroatoms. The Morgan fingerprint density at radius 2 is 2.12 bits per heavy atom. The molecule has 1 aromatic rings. The van der Waals surface area contributed by atoms with E-state index in [0.717, 1.165) is 18.2 Å². The van der Waals surface area contributed by atoms with Gasteiger partial charge in [-0.15, -0.1) is 0 Å². The maximum Gasteiger partial charge on any atom is 0.312 e. The zero-order valence-electron chi connectivity index (χ0n) is 8.10. The van der Waals surface area contributed by atoms with Crippen LogP contribution in [0, 0.1) is 5.82 Å². The van der Waals surface area contributed by atoms with Crippen molar-refractivity contribution in [2.75, 3.05) is 5.75 Å². The van der Waals surface area contributed by atoms with Gasteiger partial charge in [0.25, 0.3) is 0 Å². The number of carbonyl (C=O) groups is 2. The van der Waals surface area contributed by atoms with Crippen LogP contribution in [-0.2, 0) is 4.79 Å². The molecule has 86 valence electrons. The Balaban J connectivity index is 2.83. The van der Waals surface area contributed by atoms with Gasteiger partial charge in [-0.3, -0.25) is 4.79 Å². The number of rotatable bonds is 4. The van der Waals surface area contributed by atoms with E-state index in [9.17, 15) is 19.1 Å². The molecule has 0 unspecified atom stereocenters. The van der Waals surface area contributed by atoms with Gasteiger partial charge in [-0.25, -0.2) is 4.39 Å². The van der Waals surface area contributed by atoms with Crippen molar-refractivity contribution in [2.24, 2.45) is 0 Å². The van der Waals surface area contributed by atoms with E-state index in [2.05, 4.69) is 17.4 Å². The summed E-state index contributed by atoms with van der Waals surface area (Å²) in [6.07, 6.45) is 0.0464. The van der Waals surface area contributed by atoms with Gasteiger partial charge in [0.15, 0.2) is 11.6 Å². The molecule has 0 fully saturated rings. The highest BCUT2D eigenvalue weighted by atomic mass is 32.1. The van der Waals surface area contributed by atoms with Crippen molar-refractivity contribution in [3.63, 3.8) is 0 Å². The van der Waals surface area contributed by atoms with E-state index in [-0.39, 0.29) is 23.5 Å². The molecule has 1 aromatic carbocycles. The number of halogens is 1. The van der Waals surface area contributed by atoms with Crippen LogP contribution in [0.3, 0.4) is 0 Å². The highest BCUT2D eigenvalue weighted by Gasteiger charge is 2.09. The summed E-state index contributed by atoms with van der Waals surface area (Å²) in [5.74, 6) is -3.06. The third kappa shape index (κ3) is 3.23. The number of aromatic carboxylic acids is 1. The van der Waals surface area contributed by atoms with E-state index in [0.29, 0.717) is 0 Å². The van der Waals surface area contributed by atoms with Crippen molar-refractivity contribution < 1.29 is 23.8 Å². The Bertz CT molecular complexity index is 419. The predicted molar refractivity (Wildman–Crippen MR) is 54.8 cm³/mol. The van der Waals surface area contributed by atoms with Gasteiger partial charge in [-0.05, 0) is 18.2 Å². The zero-order valence-corrected chi connectivity index (χ0v) is 9.00. The fourth-order valence-electron chi connectivity index (χ4n) is 0.976. The van der Waals surface area contributed by atoms with Crippen molar-refractivity contribution in [1.29, 1.82) is 0 Å². The number of carbonyl (C=O) groups excluding carboxylic acids is 2. The molecule has 0 atom stereocenters. The van der Waals surface area contributed by atoms with Crippen LogP contribution in [0.25, 0.3) is 0 Å². The predicted octanol–water partition coefficient (Wildman–Crippen LogP) is 0.415. The molecule has 0 N–H and O–H groups in total. The maximum atomic E-state index is 13.2. The smallest absolute Gasteiger partial charge is 0.312 e. The number of ether oxygens (including phenoxy) is 1. The second-order valence-electron chi connectivity index (χ2n) is 2.88. The minimum Gasteiger partial charge on any atom is -0.545 e. The topological polar surface area (TPSA) is 66.4 Å². The first-order valence-electron chi connectivity index (χ1n) is 4.37. The molecule has 0 aliphatic carbocycles. The maximum absolute atomic E-state index is 13.2. The van der Waals surface area contributed by atoms with Crippen LogP contribution in [0.4, 0.5) is 4.39 Å². The molecule has 0 saturated heterocycles. The lowest BCUT2D eigenvalue weighted by Gasteiger charge is -2.07. The van der Waals surface area contributed by atoms with E-state index in [1.807, 2.05) is 0 Å². The quantitative estimate of drug-likeness (QED) is 0.472. The number of carboxylic acid groups (broad SMARTS) is 1. The summed E-state index contributed by atoms with van der Waals surface area (Å²) in [4.78, 5) is 21.4. The van der Waals surface area contributed by atoms with E-state index in [1.54, 1.807) is 0 Å². The summed E-state index contributed by atoms with van der Waals surface area (Å²) in [5, 5.41) is 10.4. The molecule has 1 rings (SSSR count). The average Bonchev–Trinajstić information content (AvgIpc) is 2.21. The second-order valence-corrected chi connectivity index (χ2v) is 3.33. The van der Waals surface area contributed by atoms with Crippen LogP contribution >= 0.6 is 12.6 Å². The first-order valence-corrected chi connectivity index (χ1v) is 5.00. The minimum atomic E-state index is -1.49. The monoisotopic (exact) mass is 243 g/mol. The lowest BCUT2D eigenvalue weighted by molar-refractivity contribution is -0.255. The Morgan fingerprint density at radius 1 is 1.44 bits per heavy atom. The zero-order chi connectivity index (χ0) is 12.1. The minimum absolute atomic E-state index is 0.0464. The Kier molecular flexibility index (Phi) is 4.30. The van der Waals surface area contributed by atoms with Gasteiger partial charge in [0.2, 0.25) is 0 Å². The van der Waals surface area contributed by atoms with Crippen molar-refractivity contribution in [1.82, 2.24) is 0 Å². The summed E-state index contributed by atoms with van der Waals surface area (Å²) in [6.45, 7) is 0. The van der Waals surface area contributed by atoms with Crippen LogP contribution in [0.15, 0.2) is 18.2 Å². The van der Waals surface area contributed by atoms with Crippen molar-refractivity contribution in [3.8, 4) is 5.75 Å². The second kappa shape index (κ2) is 5.50. The average molecular weight is 243 g/mol. The van der Waals surface area contributed by atoms with Crippen LogP contribution < -0.4 is 9.84 Å². The highest BCUT2D eigenvalue weighted by molar-refractivity contribution is 7.80. The molecule has 0 heterocycles. The fraction of sp³-hybridized carbons (Fsp3) is 0.200. The van der Waals surface area contributed by atoms with Crippen LogP contribution in [-0.4, -0.2) is 17.7 Å². The number of benzene rings is 1. The standard InChI is InChI=1S/C10H9FO4S/c11-7-5-6(10(13)14)1-2-8(7)15-9(12)3-4-16/h1-2,5,16H,3-4H2,(H,13,14)/p-1.